The predicted molar refractivity (Wildman–Crippen MR) is 80.7 cm³/mol. The van der Waals surface area contributed by atoms with E-state index >= 15 is 0 Å². The summed E-state index contributed by atoms with van der Waals surface area (Å²) in [6, 6.07) is 3.05. The summed E-state index contributed by atoms with van der Waals surface area (Å²) >= 11 is 0. The Bertz CT molecular complexity index is 747. The minimum absolute atomic E-state index is 0.143. The van der Waals surface area contributed by atoms with Crippen LogP contribution in [0.15, 0.2) is 18.2 Å². The quantitative estimate of drug-likeness (QED) is 0.618. The lowest BCUT2D eigenvalue weighted by molar-refractivity contribution is -0.134. The van der Waals surface area contributed by atoms with Gasteiger partial charge in [-0.05, 0) is 37.5 Å². The topological polar surface area (TPSA) is 87.7 Å². The zero-order chi connectivity index (χ0) is 16.9. The second-order valence-corrected chi connectivity index (χ2v) is 6.22. The average molecular weight is 333 g/mol. The van der Waals surface area contributed by atoms with E-state index in [0.29, 0.717) is 12.3 Å². The molecular formula is C16H16FN3O4. The summed E-state index contributed by atoms with van der Waals surface area (Å²) in [7, 11) is 0. The molecule has 3 heterocycles. The van der Waals surface area contributed by atoms with Crippen molar-refractivity contribution < 1.29 is 23.5 Å². The second-order valence-electron chi connectivity index (χ2n) is 6.22. The number of hydrogen-bond donors (Lipinski definition) is 2. The molecule has 2 fully saturated rings. The lowest BCUT2D eigenvalue weighted by atomic mass is 9.91. The first-order valence-electron chi connectivity index (χ1n) is 7.89. The minimum atomic E-state index is -1.89. The van der Waals surface area contributed by atoms with Crippen LogP contribution in [-0.4, -0.2) is 37.1 Å². The fourth-order valence-electron chi connectivity index (χ4n) is 3.60. The van der Waals surface area contributed by atoms with Gasteiger partial charge in [-0.15, -0.1) is 0 Å². The minimum Gasteiger partial charge on any atom is -0.376 e. The molecule has 24 heavy (non-hydrogen) atoms. The molecule has 0 aromatic heterocycles. The maximum Gasteiger partial charge on any atom is 0.323 e. The lowest BCUT2D eigenvalue weighted by Crippen LogP contribution is -2.53. The van der Waals surface area contributed by atoms with Crippen molar-refractivity contribution in [2.45, 2.75) is 30.9 Å². The number of hydrogen-bond acceptors (Lipinski definition) is 4. The van der Waals surface area contributed by atoms with E-state index in [-0.39, 0.29) is 18.2 Å². The van der Waals surface area contributed by atoms with Crippen molar-refractivity contribution in [3.05, 3.63) is 29.6 Å². The van der Waals surface area contributed by atoms with Gasteiger partial charge in [-0.25, -0.2) is 9.18 Å². The fourth-order valence-corrected chi connectivity index (χ4v) is 3.60. The molecule has 126 valence electrons. The third-order valence-electron chi connectivity index (χ3n) is 4.75. The first-order valence-corrected chi connectivity index (χ1v) is 7.89. The second kappa shape index (κ2) is 5.27. The summed E-state index contributed by atoms with van der Waals surface area (Å²) in [5, 5.41) is 4.46. The number of benzene rings is 1. The zero-order valence-electron chi connectivity index (χ0n) is 12.8. The van der Waals surface area contributed by atoms with Crippen molar-refractivity contribution in [2.75, 3.05) is 18.1 Å². The third kappa shape index (κ3) is 2.02. The van der Waals surface area contributed by atoms with Gasteiger partial charge in [0.1, 0.15) is 5.82 Å². The van der Waals surface area contributed by atoms with Crippen molar-refractivity contribution in [2.24, 2.45) is 0 Å². The maximum absolute atomic E-state index is 13.7. The standard InChI is InChI=1S/C16H16FN3O4/c17-9-4-5-12-11(7-9)16(13(21)18-15(23)19-16)14(22)20(12)8-10-3-1-2-6-24-10/h4-5,7,10H,1-3,6,8H2,(H2,18,19,21,23). The highest BCUT2D eigenvalue weighted by Gasteiger charge is 2.61. The molecule has 2 unspecified atom stereocenters. The first-order chi connectivity index (χ1) is 11.5. The molecule has 3 aliphatic heterocycles. The van der Waals surface area contributed by atoms with Crippen LogP contribution in [0.4, 0.5) is 14.9 Å². The Balaban J connectivity index is 1.76. The smallest absolute Gasteiger partial charge is 0.323 e. The Morgan fingerprint density at radius 2 is 2.12 bits per heavy atom. The molecule has 0 radical (unpaired) electrons. The summed E-state index contributed by atoms with van der Waals surface area (Å²) < 4.78 is 19.4. The fraction of sp³-hybridized carbons (Fsp3) is 0.438. The Labute approximate surface area is 137 Å². The summed E-state index contributed by atoms with van der Waals surface area (Å²) in [5.41, 5.74) is -1.30. The molecule has 2 atom stereocenters. The summed E-state index contributed by atoms with van der Waals surface area (Å²) in [6.07, 6.45) is 2.65. The summed E-state index contributed by atoms with van der Waals surface area (Å²) in [4.78, 5) is 38.4. The molecule has 1 aromatic rings. The molecule has 0 aliphatic carbocycles. The van der Waals surface area contributed by atoms with Gasteiger partial charge in [-0.1, -0.05) is 0 Å². The van der Waals surface area contributed by atoms with E-state index in [0.717, 1.165) is 25.3 Å². The number of nitrogens with zero attached hydrogens (tertiary/aromatic N) is 1. The largest absolute Gasteiger partial charge is 0.376 e. The van der Waals surface area contributed by atoms with Crippen LogP contribution in [0.5, 0.6) is 0 Å². The molecule has 8 heteroatoms. The van der Waals surface area contributed by atoms with Gasteiger partial charge in [-0.2, -0.15) is 0 Å². The number of imide groups is 1. The van der Waals surface area contributed by atoms with Crippen molar-refractivity contribution in [3.63, 3.8) is 0 Å². The van der Waals surface area contributed by atoms with Gasteiger partial charge in [0.2, 0.25) is 5.54 Å². The monoisotopic (exact) mass is 333 g/mol. The van der Waals surface area contributed by atoms with E-state index < -0.39 is 29.2 Å². The number of carbonyl (C=O) groups is 3. The molecule has 7 nitrogen and oxygen atoms in total. The van der Waals surface area contributed by atoms with Crippen molar-refractivity contribution in [3.8, 4) is 0 Å². The number of fused-ring (bicyclic) bond motifs is 2. The first kappa shape index (κ1) is 15.1. The van der Waals surface area contributed by atoms with Crippen LogP contribution in [0, 0.1) is 5.82 Å². The molecule has 1 aromatic carbocycles. The van der Waals surface area contributed by atoms with E-state index in [1.807, 2.05) is 0 Å². The highest BCUT2D eigenvalue weighted by atomic mass is 19.1. The van der Waals surface area contributed by atoms with Crippen LogP contribution in [0.25, 0.3) is 0 Å². The van der Waals surface area contributed by atoms with Gasteiger partial charge < -0.3 is 15.0 Å². The van der Waals surface area contributed by atoms with E-state index in [9.17, 15) is 18.8 Å². The van der Waals surface area contributed by atoms with E-state index in [1.54, 1.807) is 0 Å². The Kier molecular flexibility index (Phi) is 3.31. The predicted octanol–water partition coefficient (Wildman–Crippen LogP) is 0.776. The van der Waals surface area contributed by atoms with Gasteiger partial charge in [0.05, 0.1) is 18.3 Å². The van der Waals surface area contributed by atoms with E-state index in [1.165, 1.54) is 17.0 Å². The maximum atomic E-state index is 13.7. The van der Waals surface area contributed by atoms with Crippen molar-refractivity contribution in [1.82, 2.24) is 10.6 Å². The SMILES string of the molecule is O=C1NC(=O)C2(N1)C(=O)N(CC1CCCCO1)c1ccc(F)cc12. The van der Waals surface area contributed by atoms with Crippen LogP contribution in [-0.2, 0) is 19.9 Å². The van der Waals surface area contributed by atoms with Crippen LogP contribution >= 0.6 is 0 Å². The number of urea groups is 1. The average Bonchev–Trinajstić information content (AvgIpc) is 2.98. The zero-order valence-corrected chi connectivity index (χ0v) is 12.8. The van der Waals surface area contributed by atoms with E-state index in [2.05, 4.69) is 10.6 Å². The molecule has 3 aliphatic rings. The Hall–Kier alpha value is -2.48. The lowest BCUT2D eigenvalue weighted by Gasteiger charge is -2.28. The van der Waals surface area contributed by atoms with E-state index in [4.69, 9.17) is 4.74 Å². The van der Waals surface area contributed by atoms with Gasteiger partial charge in [0.15, 0.2) is 0 Å². The number of carbonyl (C=O) groups excluding carboxylic acids is 3. The van der Waals surface area contributed by atoms with Crippen molar-refractivity contribution >= 4 is 23.5 Å². The normalized spacial score (nSPS) is 29.0. The Morgan fingerprint density at radius 1 is 1.29 bits per heavy atom. The van der Waals surface area contributed by atoms with Crippen molar-refractivity contribution in [1.29, 1.82) is 0 Å². The van der Waals surface area contributed by atoms with Crippen LogP contribution in [0.2, 0.25) is 0 Å². The van der Waals surface area contributed by atoms with Crippen LogP contribution in [0.3, 0.4) is 0 Å². The molecule has 4 amide bonds. The van der Waals surface area contributed by atoms with Crippen LogP contribution in [0.1, 0.15) is 24.8 Å². The number of halogens is 1. The molecule has 1 spiro atoms. The number of amides is 4. The molecule has 0 bridgehead atoms. The molecule has 0 saturated carbocycles. The third-order valence-corrected chi connectivity index (χ3v) is 4.75. The number of nitrogens with one attached hydrogen (secondary N) is 2. The molecule has 2 N–H and O–H groups in total. The molecule has 2 saturated heterocycles. The highest BCUT2D eigenvalue weighted by molar-refractivity contribution is 6.27. The van der Waals surface area contributed by atoms with Gasteiger partial charge in [0, 0.05) is 12.2 Å². The van der Waals surface area contributed by atoms with Gasteiger partial charge in [0.25, 0.3) is 11.8 Å². The number of ether oxygens (including phenoxy) is 1. The summed E-state index contributed by atoms with van der Waals surface area (Å²) in [6.45, 7) is 0.897. The van der Waals surface area contributed by atoms with Gasteiger partial charge in [-0.3, -0.25) is 14.9 Å². The summed E-state index contributed by atoms with van der Waals surface area (Å²) in [5.74, 6) is -1.94. The van der Waals surface area contributed by atoms with Gasteiger partial charge >= 0.3 is 6.03 Å². The number of rotatable bonds is 2. The molecule has 4 rings (SSSR count). The number of anilines is 1. The Morgan fingerprint density at radius 3 is 2.79 bits per heavy atom. The van der Waals surface area contributed by atoms with Crippen LogP contribution < -0.4 is 15.5 Å². The highest BCUT2D eigenvalue weighted by Crippen LogP contribution is 2.42. The molecular weight excluding hydrogens is 317 g/mol.